The maximum Gasteiger partial charge on any atom is 0.293 e. The van der Waals surface area contributed by atoms with Crippen LogP contribution in [0.1, 0.15) is 37.0 Å². The van der Waals surface area contributed by atoms with Crippen LogP contribution in [0.5, 0.6) is 0 Å². The summed E-state index contributed by atoms with van der Waals surface area (Å²) in [5.74, 6) is -0.339. The van der Waals surface area contributed by atoms with E-state index >= 15 is 0 Å². The van der Waals surface area contributed by atoms with Gasteiger partial charge in [0, 0.05) is 31.3 Å². The average molecular weight is 308 g/mol. The fourth-order valence-electron chi connectivity index (χ4n) is 1.98. The first-order valence-corrected chi connectivity index (χ1v) is 7.43. The molecule has 0 aliphatic heterocycles. The lowest BCUT2D eigenvalue weighted by Gasteiger charge is -2.10. The molecule has 0 heterocycles. The Morgan fingerprint density at radius 2 is 1.95 bits per heavy atom. The van der Waals surface area contributed by atoms with E-state index < -0.39 is 4.92 Å². The first kappa shape index (κ1) is 17.9. The average Bonchev–Trinajstić information content (AvgIpc) is 2.49. The number of nitrogens with one attached hydrogen (secondary N) is 3. The lowest BCUT2D eigenvalue weighted by molar-refractivity contribution is -0.384. The van der Waals surface area contributed by atoms with E-state index in [9.17, 15) is 14.9 Å². The lowest BCUT2D eigenvalue weighted by atomic mass is 10.1. The van der Waals surface area contributed by atoms with Gasteiger partial charge in [-0.1, -0.05) is 13.8 Å². The Bertz CT molecular complexity index is 518. The second-order valence-corrected chi connectivity index (χ2v) is 5.31. The molecule has 1 aromatic carbocycles. The van der Waals surface area contributed by atoms with Crippen molar-refractivity contribution in [3.63, 3.8) is 0 Å². The first-order valence-electron chi connectivity index (χ1n) is 7.43. The molecule has 3 N–H and O–H groups in total. The predicted octanol–water partition coefficient (Wildman–Crippen LogP) is 2.14. The third-order valence-corrected chi connectivity index (χ3v) is 3.16. The zero-order valence-electron chi connectivity index (χ0n) is 13.3. The Morgan fingerprint density at radius 3 is 2.55 bits per heavy atom. The van der Waals surface area contributed by atoms with Crippen LogP contribution in [-0.4, -0.2) is 37.0 Å². The molecule has 0 radical (unpaired) electrons. The number of rotatable bonds is 9. The summed E-state index contributed by atoms with van der Waals surface area (Å²) in [6.07, 6.45) is 1.91. The van der Waals surface area contributed by atoms with Crippen molar-refractivity contribution in [2.45, 2.75) is 32.7 Å². The minimum Gasteiger partial charge on any atom is -0.379 e. The van der Waals surface area contributed by atoms with E-state index in [1.165, 1.54) is 13.1 Å². The summed E-state index contributed by atoms with van der Waals surface area (Å²) in [7, 11) is 1.49. The summed E-state index contributed by atoms with van der Waals surface area (Å²) in [5, 5.41) is 20.0. The van der Waals surface area contributed by atoms with Crippen molar-refractivity contribution in [2.24, 2.45) is 0 Å². The van der Waals surface area contributed by atoms with Gasteiger partial charge in [-0.05, 0) is 31.5 Å². The van der Waals surface area contributed by atoms with Crippen molar-refractivity contribution >= 4 is 17.3 Å². The van der Waals surface area contributed by atoms with Crippen LogP contribution in [0.15, 0.2) is 18.2 Å². The summed E-state index contributed by atoms with van der Waals surface area (Å²) in [6, 6.07) is 4.91. The number of hydrogen-bond donors (Lipinski definition) is 3. The van der Waals surface area contributed by atoms with Crippen molar-refractivity contribution < 1.29 is 9.72 Å². The zero-order chi connectivity index (χ0) is 16.5. The Balaban J connectivity index is 2.59. The molecule has 122 valence electrons. The molecule has 7 heteroatoms. The van der Waals surface area contributed by atoms with E-state index in [0.29, 0.717) is 18.3 Å². The molecule has 7 nitrogen and oxygen atoms in total. The highest BCUT2D eigenvalue weighted by atomic mass is 16.6. The van der Waals surface area contributed by atoms with Gasteiger partial charge in [-0.25, -0.2) is 0 Å². The van der Waals surface area contributed by atoms with E-state index in [2.05, 4.69) is 29.8 Å². The van der Waals surface area contributed by atoms with Crippen molar-refractivity contribution in [3.05, 3.63) is 33.9 Å². The van der Waals surface area contributed by atoms with Gasteiger partial charge >= 0.3 is 0 Å². The number of carbonyl (C=O) groups excluding carboxylic acids is 1. The van der Waals surface area contributed by atoms with E-state index in [-0.39, 0.29) is 17.2 Å². The molecule has 0 aliphatic carbocycles. The minimum atomic E-state index is -0.477. The Morgan fingerprint density at radius 1 is 1.27 bits per heavy atom. The molecule has 1 amide bonds. The largest absolute Gasteiger partial charge is 0.379 e. The quantitative estimate of drug-likeness (QED) is 0.369. The second kappa shape index (κ2) is 8.99. The van der Waals surface area contributed by atoms with Gasteiger partial charge < -0.3 is 16.0 Å². The number of nitrogens with zero attached hydrogens (tertiary/aromatic N) is 1. The van der Waals surface area contributed by atoms with Crippen molar-refractivity contribution in [2.75, 3.05) is 25.5 Å². The van der Waals surface area contributed by atoms with E-state index in [1.807, 2.05) is 0 Å². The third kappa shape index (κ3) is 5.69. The number of anilines is 1. The number of amides is 1. The maximum atomic E-state index is 11.5. The summed E-state index contributed by atoms with van der Waals surface area (Å²) < 4.78 is 0. The van der Waals surface area contributed by atoms with Crippen LogP contribution in [0.3, 0.4) is 0 Å². The normalized spacial score (nSPS) is 10.5. The SMILES string of the molecule is CNC(=O)c1ccc(NCCCCNC(C)C)c([N+](=O)[O-])c1. The van der Waals surface area contributed by atoms with E-state index in [1.54, 1.807) is 12.1 Å². The van der Waals surface area contributed by atoms with Crippen molar-refractivity contribution in [1.82, 2.24) is 10.6 Å². The zero-order valence-corrected chi connectivity index (χ0v) is 13.3. The van der Waals surface area contributed by atoms with Crippen LogP contribution < -0.4 is 16.0 Å². The molecule has 22 heavy (non-hydrogen) atoms. The fraction of sp³-hybridized carbons (Fsp3) is 0.533. The number of nitro benzene ring substituents is 1. The van der Waals surface area contributed by atoms with E-state index in [4.69, 9.17) is 0 Å². The molecule has 0 bridgehead atoms. The van der Waals surface area contributed by atoms with Gasteiger partial charge in [-0.2, -0.15) is 0 Å². The smallest absolute Gasteiger partial charge is 0.293 e. The van der Waals surface area contributed by atoms with Crippen LogP contribution in [0.2, 0.25) is 0 Å². The van der Waals surface area contributed by atoms with Crippen LogP contribution in [0.4, 0.5) is 11.4 Å². The maximum absolute atomic E-state index is 11.5. The number of hydrogen-bond acceptors (Lipinski definition) is 5. The summed E-state index contributed by atoms with van der Waals surface area (Å²) in [6.45, 7) is 5.77. The third-order valence-electron chi connectivity index (χ3n) is 3.16. The standard InChI is InChI=1S/C15H24N4O3/c1-11(2)17-8-4-5-9-18-13-7-6-12(15(20)16-3)10-14(13)19(21)22/h6-7,10-11,17-18H,4-5,8-9H2,1-3H3,(H,16,20). The van der Waals surface area contributed by atoms with Gasteiger partial charge in [0.25, 0.3) is 11.6 Å². The molecule has 0 atom stereocenters. The monoisotopic (exact) mass is 308 g/mol. The van der Waals surface area contributed by atoms with Gasteiger partial charge in [-0.15, -0.1) is 0 Å². The highest BCUT2D eigenvalue weighted by Crippen LogP contribution is 2.25. The Hall–Kier alpha value is -2.15. The highest BCUT2D eigenvalue weighted by Gasteiger charge is 2.16. The second-order valence-electron chi connectivity index (χ2n) is 5.31. The number of carbonyl (C=O) groups is 1. The molecular weight excluding hydrogens is 284 g/mol. The molecule has 0 aliphatic rings. The first-order chi connectivity index (χ1) is 10.5. The van der Waals surface area contributed by atoms with Gasteiger partial charge in [-0.3, -0.25) is 14.9 Å². The highest BCUT2D eigenvalue weighted by molar-refractivity contribution is 5.95. The summed E-state index contributed by atoms with van der Waals surface area (Å²) >= 11 is 0. The van der Waals surface area contributed by atoms with Crippen molar-refractivity contribution in [1.29, 1.82) is 0 Å². The fourth-order valence-corrected chi connectivity index (χ4v) is 1.98. The number of unbranched alkanes of at least 4 members (excludes halogenated alkanes) is 1. The van der Waals surface area contributed by atoms with Gasteiger partial charge in [0.2, 0.25) is 0 Å². The molecule has 0 unspecified atom stereocenters. The van der Waals surface area contributed by atoms with E-state index in [0.717, 1.165) is 19.4 Å². The molecule has 0 fully saturated rings. The Labute approximate surface area is 130 Å². The molecule has 1 aromatic rings. The molecule has 0 spiro atoms. The van der Waals surface area contributed by atoms with Crippen LogP contribution in [0.25, 0.3) is 0 Å². The number of nitro groups is 1. The Kier molecular flexibility index (Phi) is 7.31. The molecular formula is C15H24N4O3. The van der Waals surface area contributed by atoms with Crippen molar-refractivity contribution in [3.8, 4) is 0 Å². The van der Waals surface area contributed by atoms with Gasteiger partial charge in [0.15, 0.2) is 0 Å². The summed E-state index contributed by atoms with van der Waals surface area (Å²) in [5.41, 5.74) is 0.636. The lowest BCUT2D eigenvalue weighted by Crippen LogP contribution is -2.24. The van der Waals surface area contributed by atoms with Crippen LogP contribution in [0, 0.1) is 10.1 Å². The molecule has 0 saturated carbocycles. The molecule has 0 aromatic heterocycles. The topological polar surface area (TPSA) is 96.3 Å². The minimum absolute atomic E-state index is 0.0820. The van der Waals surface area contributed by atoms with Crippen LogP contribution in [-0.2, 0) is 0 Å². The molecule has 0 saturated heterocycles. The van der Waals surface area contributed by atoms with Crippen LogP contribution >= 0.6 is 0 Å². The predicted molar refractivity (Wildman–Crippen MR) is 87.3 cm³/mol. The molecule has 1 rings (SSSR count). The van der Waals surface area contributed by atoms with Gasteiger partial charge in [0.1, 0.15) is 5.69 Å². The summed E-state index contributed by atoms with van der Waals surface area (Å²) in [4.78, 5) is 22.2. The number of benzene rings is 1. The van der Waals surface area contributed by atoms with Gasteiger partial charge in [0.05, 0.1) is 4.92 Å².